The van der Waals surface area contributed by atoms with Crippen LogP contribution in [0.3, 0.4) is 0 Å². The van der Waals surface area contributed by atoms with Gasteiger partial charge in [-0.05, 0) is 56.0 Å². The summed E-state index contributed by atoms with van der Waals surface area (Å²) in [5.74, 6) is -0.232. The number of rotatable bonds is 7. The molecule has 3 heterocycles. The second-order valence-corrected chi connectivity index (χ2v) is 9.75. The highest BCUT2D eigenvalue weighted by atomic mass is 16.5. The zero-order valence-electron chi connectivity index (χ0n) is 20.6. The van der Waals surface area contributed by atoms with E-state index in [0.29, 0.717) is 37.3 Å². The molecule has 4 unspecified atom stereocenters. The smallest absolute Gasteiger partial charge is 0.271 e. The number of H-pyrrole nitrogens is 1. The Hall–Kier alpha value is -4.19. The number of likely N-dealkylation sites (tertiary alicyclic amines) is 1. The number of hydrogen-bond donors (Lipinski definition) is 2. The molecule has 1 aromatic carbocycles. The molecule has 2 amide bonds. The van der Waals surface area contributed by atoms with Crippen LogP contribution in [-0.4, -0.2) is 58.2 Å². The number of pyridine rings is 1. The second kappa shape index (κ2) is 10.4. The summed E-state index contributed by atoms with van der Waals surface area (Å²) in [6.07, 6.45) is 4.48. The van der Waals surface area contributed by atoms with Gasteiger partial charge in [-0.2, -0.15) is 5.26 Å². The van der Waals surface area contributed by atoms with Gasteiger partial charge in [0.1, 0.15) is 29.3 Å². The van der Waals surface area contributed by atoms with Crippen molar-refractivity contribution in [1.82, 2.24) is 20.2 Å². The number of methoxy groups -OCH3 is 1. The summed E-state index contributed by atoms with van der Waals surface area (Å²) < 4.78 is 5.43. The number of carbonyl (C=O) groups excluding carboxylic acids is 3. The quantitative estimate of drug-likeness (QED) is 0.513. The van der Waals surface area contributed by atoms with E-state index in [1.54, 1.807) is 24.3 Å². The van der Waals surface area contributed by atoms with Crippen LogP contribution in [0.1, 0.15) is 54.2 Å². The van der Waals surface area contributed by atoms with Crippen molar-refractivity contribution in [3.8, 4) is 11.8 Å². The van der Waals surface area contributed by atoms with Crippen LogP contribution in [0.15, 0.2) is 48.7 Å². The first-order valence-electron chi connectivity index (χ1n) is 12.6. The Morgan fingerprint density at radius 2 is 2.16 bits per heavy atom. The van der Waals surface area contributed by atoms with Crippen LogP contribution in [0.5, 0.6) is 5.75 Å². The molecule has 9 nitrogen and oxygen atoms in total. The summed E-state index contributed by atoms with van der Waals surface area (Å²) >= 11 is 0. The zero-order valence-corrected chi connectivity index (χ0v) is 20.6. The Morgan fingerprint density at radius 1 is 1.30 bits per heavy atom. The predicted molar refractivity (Wildman–Crippen MR) is 136 cm³/mol. The Bertz CT molecular complexity index is 1360. The number of hydrogen-bond acceptors (Lipinski definition) is 6. The lowest BCUT2D eigenvalue weighted by Crippen LogP contribution is -2.49. The second-order valence-electron chi connectivity index (χ2n) is 9.75. The number of nitrogens with zero attached hydrogens (tertiary/aromatic N) is 3. The van der Waals surface area contributed by atoms with Crippen molar-refractivity contribution in [3.05, 3.63) is 60.0 Å². The maximum absolute atomic E-state index is 13.7. The minimum absolute atomic E-state index is 0.128. The molecule has 3 aromatic rings. The predicted octanol–water partition coefficient (Wildman–Crippen LogP) is 3.34. The van der Waals surface area contributed by atoms with Gasteiger partial charge in [0.2, 0.25) is 5.91 Å². The van der Waals surface area contributed by atoms with Gasteiger partial charge in [-0.25, -0.2) is 0 Å². The summed E-state index contributed by atoms with van der Waals surface area (Å²) in [5.41, 5.74) is 1.92. The van der Waals surface area contributed by atoms with E-state index in [2.05, 4.69) is 21.4 Å². The Morgan fingerprint density at radius 3 is 2.86 bits per heavy atom. The van der Waals surface area contributed by atoms with Crippen LogP contribution in [-0.2, 0) is 9.59 Å². The number of ether oxygens (including phenoxy) is 1. The lowest BCUT2D eigenvalue weighted by atomic mass is 9.97. The summed E-state index contributed by atoms with van der Waals surface area (Å²) in [7, 11) is 1.58. The van der Waals surface area contributed by atoms with E-state index in [-0.39, 0.29) is 23.5 Å². The minimum Gasteiger partial charge on any atom is -0.496 e. The van der Waals surface area contributed by atoms with Crippen molar-refractivity contribution in [3.63, 3.8) is 0 Å². The van der Waals surface area contributed by atoms with Crippen molar-refractivity contribution in [2.75, 3.05) is 13.7 Å². The van der Waals surface area contributed by atoms with Crippen molar-refractivity contribution in [2.24, 2.45) is 5.92 Å². The highest BCUT2D eigenvalue weighted by Gasteiger charge is 2.42. The van der Waals surface area contributed by atoms with Crippen molar-refractivity contribution in [1.29, 1.82) is 5.26 Å². The topological polar surface area (TPSA) is 128 Å². The maximum Gasteiger partial charge on any atom is 0.271 e. The van der Waals surface area contributed by atoms with Crippen LogP contribution in [0.2, 0.25) is 0 Å². The average molecular weight is 500 g/mol. The molecule has 1 saturated carbocycles. The van der Waals surface area contributed by atoms with E-state index >= 15 is 0 Å². The Kier molecular flexibility index (Phi) is 6.91. The van der Waals surface area contributed by atoms with Crippen molar-refractivity contribution >= 4 is 28.5 Å². The third kappa shape index (κ3) is 4.92. The third-order valence-electron chi connectivity index (χ3n) is 7.47. The molecule has 4 atom stereocenters. The van der Waals surface area contributed by atoms with Crippen LogP contribution in [0, 0.1) is 17.2 Å². The molecule has 0 radical (unpaired) electrons. The maximum atomic E-state index is 13.7. The lowest BCUT2D eigenvalue weighted by Gasteiger charge is -2.25. The van der Waals surface area contributed by atoms with Gasteiger partial charge in [-0.1, -0.05) is 12.1 Å². The first kappa shape index (κ1) is 24.5. The molecule has 9 heteroatoms. The first-order valence-corrected chi connectivity index (χ1v) is 12.6. The molecule has 0 bridgehead atoms. The molecular formula is C28H29N5O4. The normalized spacial score (nSPS) is 22.1. The number of aromatic nitrogens is 2. The van der Waals surface area contributed by atoms with Gasteiger partial charge >= 0.3 is 0 Å². The van der Waals surface area contributed by atoms with Gasteiger partial charge in [-0.15, -0.1) is 0 Å². The molecule has 0 spiro atoms. The monoisotopic (exact) mass is 499 g/mol. The van der Waals surface area contributed by atoms with Crippen LogP contribution in [0.4, 0.5) is 0 Å². The summed E-state index contributed by atoms with van der Waals surface area (Å²) in [6, 6.07) is 13.4. The van der Waals surface area contributed by atoms with E-state index in [0.717, 1.165) is 29.4 Å². The number of Topliss-reactive ketones (excluding diaryl/α,β-unsaturated/α-hetero) is 1. The van der Waals surface area contributed by atoms with Crippen molar-refractivity contribution < 1.29 is 19.1 Å². The SMILES string of the molecule is COc1cccc2[nH]c(C(=O)N3CC(c4ccccn4)CC3C(=O)NC(C#N)CC3CCCC3=O)cc12. The molecule has 1 aliphatic heterocycles. The largest absolute Gasteiger partial charge is 0.496 e. The first-order chi connectivity index (χ1) is 18.0. The summed E-state index contributed by atoms with van der Waals surface area (Å²) in [5, 5.41) is 13.3. The molecule has 1 aliphatic carbocycles. The highest BCUT2D eigenvalue weighted by molar-refractivity contribution is 6.02. The number of carbonyl (C=O) groups is 3. The zero-order chi connectivity index (χ0) is 25.9. The Labute approximate surface area is 214 Å². The lowest BCUT2D eigenvalue weighted by molar-refractivity contribution is -0.126. The molecule has 2 aliphatic rings. The fourth-order valence-corrected chi connectivity index (χ4v) is 5.55. The molecule has 2 N–H and O–H groups in total. The van der Waals surface area contributed by atoms with Gasteiger partial charge < -0.3 is 19.9 Å². The van der Waals surface area contributed by atoms with Gasteiger partial charge in [0.25, 0.3) is 5.91 Å². The highest BCUT2D eigenvalue weighted by Crippen LogP contribution is 2.34. The van der Waals surface area contributed by atoms with Gasteiger partial charge in [0, 0.05) is 47.6 Å². The van der Waals surface area contributed by atoms with Gasteiger partial charge in [0.15, 0.2) is 0 Å². The fraction of sp³-hybridized carbons (Fsp3) is 0.393. The summed E-state index contributed by atoms with van der Waals surface area (Å²) in [6.45, 7) is 0.318. The fourth-order valence-electron chi connectivity index (χ4n) is 5.55. The Balaban J connectivity index is 1.40. The number of nitrogens with one attached hydrogen (secondary N) is 2. The van der Waals surface area contributed by atoms with E-state index in [1.807, 2.05) is 36.4 Å². The van der Waals surface area contributed by atoms with Crippen LogP contribution in [0.25, 0.3) is 10.9 Å². The van der Waals surface area contributed by atoms with E-state index in [9.17, 15) is 19.6 Å². The number of ketones is 1. The number of aromatic amines is 1. The van der Waals surface area contributed by atoms with E-state index in [4.69, 9.17) is 4.74 Å². The molecular weight excluding hydrogens is 470 g/mol. The van der Waals surface area contributed by atoms with E-state index in [1.165, 1.54) is 0 Å². The number of fused-ring (bicyclic) bond motifs is 1. The molecule has 1 saturated heterocycles. The van der Waals surface area contributed by atoms with Crippen molar-refractivity contribution in [2.45, 2.75) is 50.1 Å². The number of nitriles is 1. The minimum atomic E-state index is -0.789. The van der Waals surface area contributed by atoms with Crippen LogP contribution >= 0.6 is 0 Å². The molecule has 190 valence electrons. The number of benzene rings is 1. The van der Waals surface area contributed by atoms with Gasteiger partial charge in [0.05, 0.1) is 13.2 Å². The standard InChI is InChI=1S/C28H29N5O4/c1-37-26-10-5-8-22-20(26)14-23(32-22)28(36)33-16-18(21-7-2-3-11-30-21)13-24(33)27(35)31-19(15-29)12-17-6-4-9-25(17)34/h2-3,5,7-8,10-11,14,17-19,24,32H,4,6,9,12-13,16H2,1H3,(H,31,35). The molecule has 2 aromatic heterocycles. The molecule has 2 fully saturated rings. The average Bonchev–Trinajstić information content (AvgIpc) is 3.66. The number of amides is 2. The summed E-state index contributed by atoms with van der Waals surface area (Å²) in [4.78, 5) is 48.5. The molecule has 5 rings (SSSR count). The molecule has 37 heavy (non-hydrogen) atoms. The van der Waals surface area contributed by atoms with E-state index < -0.39 is 18.0 Å². The third-order valence-corrected chi connectivity index (χ3v) is 7.47. The van der Waals surface area contributed by atoms with Crippen LogP contribution < -0.4 is 10.1 Å². The van der Waals surface area contributed by atoms with Gasteiger partial charge in [-0.3, -0.25) is 19.4 Å².